The van der Waals surface area contributed by atoms with E-state index in [-0.39, 0.29) is 16.7 Å². The maximum Gasteiger partial charge on any atom is 0.262 e. The largest absolute Gasteiger partial charge is 0.506 e. The predicted octanol–water partition coefficient (Wildman–Crippen LogP) is 4.65. The van der Waals surface area contributed by atoms with Gasteiger partial charge >= 0.3 is 0 Å². The lowest BCUT2D eigenvalue weighted by atomic mass is 10.2. The molecule has 1 aromatic heterocycles. The first kappa shape index (κ1) is 14.0. The number of carbonyl (C=O) groups is 1. The van der Waals surface area contributed by atoms with Crippen molar-refractivity contribution in [1.82, 2.24) is 4.57 Å². The van der Waals surface area contributed by atoms with E-state index in [4.69, 9.17) is 23.2 Å². The van der Waals surface area contributed by atoms with E-state index in [1.807, 2.05) is 6.92 Å². The third-order valence-corrected chi connectivity index (χ3v) is 4.03. The molecular formula is C16H11Cl2NO2. The Kier molecular flexibility index (Phi) is 3.40. The molecule has 0 amide bonds. The molecule has 0 radical (unpaired) electrons. The molecule has 0 aliphatic heterocycles. The Bertz CT molecular complexity index is 851. The first-order valence-corrected chi connectivity index (χ1v) is 7.04. The lowest BCUT2D eigenvalue weighted by Crippen LogP contribution is -2.13. The third-order valence-electron chi connectivity index (χ3n) is 3.38. The molecule has 0 spiro atoms. The first-order chi connectivity index (χ1) is 9.99. The fourth-order valence-corrected chi connectivity index (χ4v) is 2.70. The molecule has 0 unspecified atom stereocenters. The minimum atomic E-state index is -0.166. The van der Waals surface area contributed by atoms with E-state index in [2.05, 4.69) is 0 Å². The second-order valence-electron chi connectivity index (χ2n) is 4.76. The molecule has 5 heteroatoms. The molecule has 3 rings (SSSR count). The number of hydrogen-bond donors (Lipinski definition) is 1. The number of aryl methyl sites for hydroxylation is 1. The van der Waals surface area contributed by atoms with Crippen LogP contribution in [0.1, 0.15) is 16.1 Å². The van der Waals surface area contributed by atoms with Gasteiger partial charge in [-0.05, 0) is 49.4 Å². The molecule has 0 fully saturated rings. The van der Waals surface area contributed by atoms with Crippen molar-refractivity contribution in [3.63, 3.8) is 0 Å². The average Bonchev–Trinajstić information content (AvgIpc) is 2.80. The summed E-state index contributed by atoms with van der Waals surface area (Å²) >= 11 is 11.9. The number of aromatic hydroxyl groups is 1. The third kappa shape index (κ3) is 2.28. The van der Waals surface area contributed by atoms with Crippen molar-refractivity contribution in [1.29, 1.82) is 0 Å². The van der Waals surface area contributed by atoms with Gasteiger partial charge in [0.25, 0.3) is 5.91 Å². The van der Waals surface area contributed by atoms with Gasteiger partial charge in [0.15, 0.2) is 0 Å². The van der Waals surface area contributed by atoms with Crippen molar-refractivity contribution in [3.8, 4) is 5.75 Å². The summed E-state index contributed by atoms with van der Waals surface area (Å²) in [5.41, 5.74) is 1.94. The van der Waals surface area contributed by atoms with E-state index in [0.717, 1.165) is 5.69 Å². The monoisotopic (exact) mass is 319 g/mol. The van der Waals surface area contributed by atoms with Crippen LogP contribution in [0.25, 0.3) is 10.9 Å². The summed E-state index contributed by atoms with van der Waals surface area (Å²) in [6.45, 7) is 1.82. The molecular weight excluding hydrogens is 309 g/mol. The second-order valence-corrected chi connectivity index (χ2v) is 5.58. The van der Waals surface area contributed by atoms with E-state index in [1.165, 1.54) is 6.07 Å². The molecule has 1 N–H and O–H groups in total. The topological polar surface area (TPSA) is 42.2 Å². The van der Waals surface area contributed by atoms with Gasteiger partial charge in [0.05, 0.1) is 10.5 Å². The molecule has 106 valence electrons. The summed E-state index contributed by atoms with van der Waals surface area (Å²) in [4.78, 5) is 12.7. The van der Waals surface area contributed by atoms with Crippen molar-refractivity contribution < 1.29 is 9.90 Å². The van der Waals surface area contributed by atoms with E-state index >= 15 is 0 Å². The summed E-state index contributed by atoms with van der Waals surface area (Å²) < 4.78 is 1.57. The van der Waals surface area contributed by atoms with Crippen LogP contribution in [0, 0.1) is 6.92 Å². The Labute approximate surface area is 131 Å². The number of nitrogens with zero attached hydrogens (tertiary/aromatic N) is 1. The van der Waals surface area contributed by atoms with Gasteiger partial charge in [-0.25, -0.2) is 0 Å². The number of carbonyl (C=O) groups excluding carboxylic acids is 1. The van der Waals surface area contributed by atoms with Gasteiger partial charge in [-0.3, -0.25) is 9.36 Å². The summed E-state index contributed by atoms with van der Waals surface area (Å²) in [5, 5.41) is 11.1. The van der Waals surface area contributed by atoms with Crippen molar-refractivity contribution in [2.45, 2.75) is 6.92 Å². The molecule has 3 aromatic rings. The highest BCUT2D eigenvalue weighted by molar-refractivity contribution is 6.37. The van der Waals surface area contributed by atoms with Gasteiger partial charge in [0.2, 0.25) is 0 Å². The van der Waals surface area contributed by atoms with Crippen LogP contribution in [0.15, 0.2) is 42.5 Å². The number of benzene rings is 2. The lowest BCUT2D eigenvalue weighted by Gasteiger charge is -2.07. The molecule has 1 heterocycles. The maximum atomic E-state index is 12.7. The van der Waals surface area contributed by atoms with Gasteiger partial charge in [-0.15, -0.1) is 0 Å². The molecule has 2 aromatic carbocycles. The fraction of sp³-hybridized carbons (Fsp3) is 0.0625. The van der Waals surface area contributed by atoms with Gasteiger partial charge in [0, 0.05) is 21.7 Å². The summed E-state index contributed by atoms with van der Waals surface area (Å²) in [7, 11) is 0. The Hall–Kier alpha value is -1.97. The molecule has 3 nitrogen and oxygen atoms in total. The number of rotatable bonds is 1. The Balaban J connectivity index is 2.20. The Morgan fingerprint density at radius 3 is 2.43 bits per heavy atom. The van der Waals surface area contributed by atoms with Crippen molar-refractivity contribution in [2.24, 2.45) is 0 Å². The fourth-order valence-electron chi connectivity index (χ4n) is 2.36. The zero-order chi connectivity index (χ0) is 15.1. The number of fused-ring (bicyclic) bond motifs is 1. The smallest absolute Gasteiger partial charge is 0.262 e. The standard InChI is InChI=1S/C16H11Cl2NO2/c1-9-8-12-13(6-7-14(20)15(12)18)19(9)16(21)10-2-4-11(17)5-3-10/h2-8,20H,1H3. The van der Waals surface area contributed by atoms with Crippen molar-refractivity contribution >= 4 is 40.0 Å². The summed E-state index contributed by atoms with van der Waals surface area (Å²) in [6, 6.07) is 11.7. The highest BCUT2D eigenvalue weighted by Crippen LogP contribution is 2.34. The molecule has 0 saturated heterocycles. The molecule has 0 aliphatic rings. The van der Waals surface area contributed by atoms with E-state index in [1.54, 1.807) is 41.0 Å². The predicted molar refractivity (Wildman–Crippen MR) is 84.5 cm³/mol. The highest BCUT2D eigenvalue weighted by Gasteiger charge is 2.17. The Morgan fingerprint density at radius 1 is 1.10 bits per heavy atom. The zero-order valence-electron chi connectivity index (χ0n) is 11.1. The van der Waals surface area contributed by atoms with Crippen LogP contribution in [0.2, 0.25) is 10.0 Å². The SMILES string of the molecule is Cc1cc2c(Cl)c(O)ccc2n1C(=O)c1ccc(Cl)cc1. The van der Waals surface area contributed by atoms with E-state index in [9.17, 15) is 9.90 Å². The maximum absolute atomic E-state index is 12.7. The number of halogens is 2. The van der Waals surface area contributed by atoms with E-state index in [0.29, 0.717) is 21.5 Å². The first-order valence-electron chi connectivity index (χ1n) is 6.29. The molecule has 21 heavy (non-hydrogen) atoms. The van der Waals surface area contributed by atoms with Crippen LogP contribution in [0.5, 0.6) is 5.75 Å². The van der Waals surface area contributed by atoms with Gasteiger partial charge < -0.3 is 5.11 Å². The normalized spacial score (nSPS) is 11.0. The minimum absolute atomic E-state index is 0.000239. The minimum Gasteiger partial charge on any atom is -0.506 e. The summed E-state index contributed by atoms with van der Waals surface area (Å²) in [6.07, 6.45) is 0. The quantitative estimate of drug-likeness (QED) is 0.709. The average molecular weight is 320 g/mol. The Morgan fingerprint density at radius 2 is 1.76 bits per heavy atom. The number of hydrogen-bond acceptors (Lipinski definition) is 2. The van der Waals surface area contributed by atoms with Crippen LogP contribution < -0.4 is 0 Å². The zero-order valence-corrected chi connectivity index (χ0v) is 12.6. The summed E-state index contributed by atoms with van der Waals surface area (Å²) in [5.74, 6) is -0.166. The van der Waals surface area contributed by atoms with Crippen LogP contribution in [-0.4, -0.2) is 15.6 Å². The number of phenols is 1. The van der Waals surface area contributed by atoms with Gasteiger partial charge in [0.1, 0.15) is 5.75 Å². The molecule has 0 atom stereocenters. The number of aromatic nitrogens is 1. The lowest BCUT2D eigenvalue weighted by molar-refractivity contribution is 0.0963. The van der Waals surface area contributed by atoms with Gasteiger partial charge in [-0.2, -0.15) is 0 Å². The van der Waals surface area contributed by atoms with Crippen LogP contribution in [0.3, 0.4) is 0 Å². The van der Waals surface area contributed by atoms with Crippen LogP contribution in [-0.2, 0) is 0 Å². The molecule has 0 aliphatic carbocycles. The molecule has 0 bridgehead atoms. The van der Waals surface area contributed by atoms with Gasteiger partial charge in [-0.1, -0.05) is 23.2 Å². The molecule has 0 saturated carbocycles. The van der Waals surface area contributed by atoms with E-state index < -0.39 is 0 Å². The second kappa shape index (κ2) is 5.10. The van der Waals surface area contributed by atoms with Crippen LogP contribution >= 0.6 is 23.2 Å². The van der Waals surface area contributed by atoms with Crippen molar-refractivity contribution in [3.05, 3.63) is 63.8 Å². The number of phenolic OH excluding ortho intramolecular Hbond substituents is 1. The van der Waals surface area contributed by atoms with Crippen LogP contribution in [0.4, 0.5) is 0 Å². The highest BCUT2D eigenvalue weighted by atomic mass is 35.5. The van der Waals surface area contributed by atoms with Crippen molar-refractivity contribution in [2.75, 3.05) is 0 Å².